The van der Waals surface area contributed by atoms with Crippen molar-refractivity contribution in [2.45, 2.75) is 35.8 Å². The van der Waals surface area contributed by atoms with Gasteiger partial charge in [-0.05, 0) is 37.8 Å². The van der Waals surface area contributed by atoms with Gasteiger partial charge in [0.15, 0.2) is 0 Å². The Bertz CT molecular complexity index is 383. The van der Waals surface area contributed by atoms with Gasteiger partial charge in [0.05, 0.1) is 0 Å². The Balaban J connectivity index is 2.21. The second-order valence-corrected chi connectivity index (χ2v) is 5.45. The first-order valence-electron chi connectivity index (χ1n) is 5.12. The molecule has 1 aromatic carbocycles. The number of aryl methyl sites for hydroxylation is 1. The molecule has 15 heavy (non-hydrogen) atoms. The number of carbonyl (C=O) groups is 1. The molecule has 1 aliphatic rings. The molecule has 1 fully saturated rings. The monoisotopic (exact) mass is 222 g/mol. The molecule has 80 valence electrons. The largest absolute Gasteiger partial charge is 0.480 e. The van der Waals surface area contributed by atoms with E-state index in [1.54, 1.807) is 0 Å². The zero-order chi connectivity index (χ0) is 10.9. The summed E-state index contributed by atoms with van der Waals surface area (Å²) in [5.74, 6) is -0.665. The van der Waals surface area contributed by atoms with E-state index in [0.717, 1.165) is 29.7 Å². The lowest BCUT2D eigenvalue weighted by Gasteiger charge is -2.37. The average molecular weight is 222 g/mol. The molecule has 2 nitrogen and oxygen atoms in total. The maximum Gasteiger partial charge on any atom is 0.320 e. The van der Waals surface area contributed by atoms with Gasteiger partial charge >= 0.3 is 5.97 Å². The summed E-state index contributed by atoms with van der Waals surface area (Å²) >= 11 is 1.51. The van der Waals surface area contributed by atoms with E-state index in [-0.39, 0.29) is 0 Å². The Labute approximate surface area is 93.7 Å². The number of hydrogen-bond acceptors (Lipinski definition) is 2. The summed E-state index contributed by atoms with van der Waals surface area (Å²) < 4.78 is -0.549. The predicted octanol–water partition coefficient (Wildman–Crippen LogP) is 3.09. The molecule has 0 aliphatic heterocycles. The summed E-state index contributed by atoms with van der Waals surface area (Å²) in [6, 6.07) is 7.97. The molecule has 0 atom stereocenters. The fourth-order valence-corrected chi connectivity index (χ4v) is 3.12. The smallest absolute Gasteiger partial charge is 0.320 e. The molecule has 0 saturated heterocycles. The first-order chi connectivity index (χ1) is 7.14. The summed E-state index contributed by atoms with van der Waals surface area (Å²) in [6.45, 7) is 2.02. The van der Waals surface area contributed by atoms with Gasteiger partial charge in [-0.2, -0.15) is 0 Å². The van der Waals surface area contributed by atoms with E-state index in [0.29, 0.717) is 0 Å². The lowest BCUT2D eigenvalue weighted by molar-refractivity contribution is -0.142. The van der Waals surface area contributed by atoms with Crippen molar-refractivity contribution in [3.63, 3.8) is 0 Å². The molecule has 3 heteroatoms. The summed E-state index contributed by atoms with van der Waals surface area (Å²) in [5, 5.41) is 9.22. The number of aliphatic carboxylic acids is 1. The van der Waals surface area contributed by atoms with Crippen LogP contribution >= 0.6 is 11.8 Å². The first-order valence-corrected chi connectivity index (χ1v) is 5.94. The molecule has 2 rings (SSSR count). The molecular formula is C12H14O2S. The van der Waals surface area contributed by atoms with Crippen molar-refractivity contribution >= 4 is 17.7 Å². The van der Waals surface area contributed by atoms with Gasteiger partial charge in [0, 0.05) is 4.90 Å². The highest BCUT2D eigenvalue weighted by Gasteiger charge is 2.45. The summed E-state index contributed by atoms with van der Waals surface area (Å²) in [6.07, 6.45) is 2.62. The predicted molar refractivity (Wildman–Crippen MR) is 61.3 cm³/mol. The molecular weight excluding hydrogens is 208 g/mol. The topological polar surface area (TPSA) is 37.3 Å². The van der Waals surface area contributed by atoms with E-state index in [1.807, 2.05) is 31.2 Å². The van der Waals surface area contributed by atoms with Crippen LogP contribution < -0.4 is 0 Å². The van der Waals surface area contributed by atoms with Gasteiger partial charge in [0.2, 0.25) is 0 Å². The van der Waals surface area contributed by atoms with Crippen molar-refractivity contribution in [2.75, 3.05) is 0 Å². The highest BCUT2D eigenvalue weighted by Crippen LogP contribution is 2.48. The van der Waals surface area contributed by atoms with Crippen LogP contribution in [0.4, 0.5) is 0 Å². The van der Waals surface area contributed by atoms with E-state index in [9.17, 15) is 9.90 Å². The van der Waals surface area contributed by atoms with E-state index in [4.69, 9.17) is 0 Å². The molecule has 0 unspecified atom stereocenters. The second kappa shape index (κ2) is 3.89. The van der Waals surface area contributed by atoms with Gasteiger partial charge in [-0.25, -0.2) is 0 Å². The van der Waals surface area contributed by atoms with Crippen LogP contribution in [0.2, 0.25) is 0 Å². The summed E-state index contributed by atoms with van der Waals surface area (Å²) in [4.78, 5) is 12.3. The zero-order valence-corrected chi connectivity index (χ0v) is 9.51. The third-order valence-electron chi connectivity index (χ3n) is 2.95. The molecule has 0 spiro atoms. The molecule has 0 aromatic heterocycles. The van der Waals surface area contributed by atoms with Gasteiger partial charge in [-0.15, -0.1) is 11.8 Å². The van der Waals surface area contributed by atoms with Gasteiger partial charge in [0.25, 0.3) is 0 Å². The third-order valence-corrected chi connectivity index (χ3v) is 4.60. The standard InChI is InChI=1S/C12H14O2S/c1-9-5-2-3-6-10(9)15-12(11(13)14)7-4-8-12/h2-3,5-6H,4,7-8H2,1H3,(H,13,14). The van der Waals surface area contributed by atoms with Crippen LogP contribution in [0.25, 0.3) is 0 Å². The van der Waals surface area contributed by atoms with Gasteiger partial charge in [-0.3, -0.25) is 4.79 Å². The van der Waals surface area contributed by atoms with Crippen molar-refractivity contribution in [1.29, 1.82) is 0 Å². The molecule has 1 aromatic rings. The fraction of sp³-hybridized carbons (Fsp3) is 0.417. The summed E-state index contributed by atoms with van der Waals surface area (Å²) in [5.41, 5.74) is 1.16. The van der Waals surface area contributed by atoms with Gasteiger partial charge in [0.1, 0.15) is 4.75 Å². The van der Waals surface area contributed by atoms with Crippen molar-refractivity contribution < 1.29 is 9.90 Å². The number of carboxylic acid groups (broad SMARTS) is 1. The van der Waals surface area contributed by atoms with E-state index in [2.05, 4.69) is 0 Å². The van der Waals surface area contributed by atoms with Crippen LogP contribution in [-0.2, 0) is 4.79 Å². The van der Waals surface area contributed by atoms with Crippen molar-refractivity contribution in [3.05, 3.63) is 29.8 Å². The van der Waals surface area contributed by atoms with Crippen LogP contribution in [0.3, 0.4) is 0 Å². The minimum atomic E-state index is -0.665. The van der Waals surface area contributed by atoms with Crippen molar-refractivity contribution in [3.8, 4) is 0 Å². The molecule has 1 N–H and O–H groups in total. The highest BCUT2D eigenvalue weighted by molar-refractivity contribution is 8.01. The SMILES string of the molecule is Cc1ccccc1SC1(C(=O)O)CCC1. The van der Waals surface area contributed by atoms with Crippen LogP contribution in [0, 0.1) is 6.92 Å². The molecule has 0 amide bonds. The van der Waals surface area contributed by atoms with E-state index < -0.39 is 10.7 Å². The number of thioether (sulfide) groups is 1. The van der Waals surface area contributed by atoms with Crippen LogP contribution in [-0.4, -0.2) is 15.8 Å². The number of carboxylic acids is 1. The third kappa shape index (κ3) is 1.88. The Morgan fingerprint density at radius 1 is 1.40 bits per heavy atom. The van der Waals surface area contributed by atoms with Gasteiger partial charge < -0.3 is 5.11 Å². The Morgan fingerprint density at radius 2 is 2.07 bits per heavy atom. The molecule has 0 bridgehead atoms. The maximum absolute atomic E-state index is 11.2. The van der Waals surface area contributed by atoms with E-state index >= 15 is 0 Å². The quantitative estimate of drug-likeness (QED) is 0.854. The molecule has 1 aliphatic carbocycles. The minimum Gasteiger partial charge on any atom is -0.480 e. The van der Waals surface area contributed by atoms with E-state index in [1.165, 1.54) is 11.8 Å². The van der Waals surface area contributed by atoms with Crippen LogP contribution in [0.1, 0.15) is 24.8 Å². The molecule has 1 saturated carbocycles. The minimum absolute atomic E-state index is 0.549. The maximum atomic E-state index is 11.2. The second-order valence-electron chi connectivity index (χ2n) is 4.02. The Morgan fingerprint density at radius 3 is 2.53 bits per heavy atom. The number of hydrogen-bond donors (Lipinski definition) is 1. The zero-order valence-electron chi connectivity index (χ0n) is 8.69. The lowest BCUT2D eigenvalue weighted by Crippen LogP contribution is -2.41. The van der Waals surface area contributed by atoms with Crippen LogP contribution in [0.15, 0.2) is 29.2 Å². The van der Waals surface area contributed by atoms with Gasteiger partial charge in [-0.1, -0.05) is 18.2 Å². The number of rotatable bonds is 3. The van der Waals surface area contributed by atoms with Crippen LogP contribution in [0.5, 0.6) is 0 Å². The number of benzene rings is 1. The molecule has 0 heterocycles. The van der Waals surface area contributed by atoms with Crippen molar-refractivity contribution in [2.24, 2.45) is 0 Å². The normalized spacial score (nSPS) is 18.2. The highest BCUT2D eigenvalue weighted by atomic mass is 32.2. The molecule has 0 radical (unpaired) electrons. The lowest BCUT2D eigenvalue weighted by atomic mass is 9.84. The van der Waals surface area contributed by atoms with Crippen molar-refractivity contribution in [1.82, 2.24) is 0 Å². The Kier molecular flexibility index (Phi) is 2.74. The average Bonchev–Trinajstić information content (AvgIpc) is 2.13. The first kappa shape index (κ1) is 10.6. The summed E-state index contributed by atoms with van der Waals surface area (Å²) in [7, 11) is 0. The Hall–Kier alpha value is -0.960. The fourth-order valence-electron chi connectivity index (χ4n) is 1.74.